The van der Waals surface area contributed by atoms with E-state index in [1.807, 2.05) is 18.2 Å². The van der Waals surface area contributed by atoms with Crippen LogP contribution in [0.2, 0.25) is 0 Å². The number of nitrogens with one attached hydrogen (secondary N) is 1. The van der Waals surface area contributed by atoms with Gasteiger partial charge in [-0.1, -0.05) is 32.0 Å². The normalized spacial score (nSPS) is 10.8. The van der Waals surface area contributed by atoms with Crippen molar-refractivity contribution in [2.45, 2.75) is 20.4 Å². The molecule has 1 aromatic heterocycles. The van der Waals surface area contributed by atoms with Crippen LogP contribution in [0.25, 0.3) is 0 Å². The number of benzene rings is 1. The lowest BCUT2D eigenvalue weighted by Gasteiger charge is -2.10. The number of nitrogens with zero attached hydrogens (tertiary/aromatic N) is 1. The van der Waals surface area contributed by atoms with Crippen LogP contribution in [0.5, 0.6) is 11.6 Å². The van der Waals surface area contributed by atoms with Crippen molar-refractivity contribution >= 4 is 0 Å². The van der Waals surface area contributed by atoms with Crippen LogP contribution >= 0.6 is 0 Å². The van der Waals surface area contributed by atoms with E-state index in [0.29, 0.717) is 23.8 Å². The summed E-state index contributed by atoms with van der Waals surface area (Å²) in [5.74, 6) is 0.707. The number of rotatable bonds is 6. The number of para-hydroxylation sites is 1. The maximum Gasteiger partial charge on any atom is 0.256 e. The van der Waals surface area contributed by atoms with Crippen LogP contribution in [0.4, 0.5) is 4.39 Å². The average molecular weight is 274 g/mol. The van der Waals surface area contributed by atoms with E-state index in [2.05, 4.69) is 24.1 Å². The molecule has 1 heterocycles. The monoisotopic (exact) mass is 274 g/mol. The van der Waals surface area contributed by atoms with Crippen LogP contribution < -0.4 is 10.1 Å². The van der Waals surface area contributed by atoms with Crippen LogP contribution in [-0.2, 0) is 6.54 Å². The molecule has 0 unspecified atom stereocenters. The summed E-state index contributed by atoms with van der Waals surface area (Å²) in [4.78, 5) is 3.95. The molecule has 106 valence electrons. The Kier molecular flexibility index (Phi) is 5.07. The molecule has 3 nitrogen and oxygen atoms in total. The van der Waals surface area contributed by atoms with Crippen molar-refractivity contribution in [1.29, 1.82) is 0 Å². The Morgan fingerprint density at radius 3 is 2.65 bits per heavy atom. The van der Waals surface area contributed by atoms with Gasteiger partial charge in [-0.2, -0.15) is 0 Å². The lowest BCUT2D eigenvalue weighted by atomic mass is 10.2. The van der Waals surface area contributed by atoms with Crippen molar-refractivity contribution in [1.82, 2.24) is 10.3 Å². The number of ether oxygens (including phenoxy) is 1. The summed E-state index contributed by atoms with van der Waals surface area (Å²) >= 11 is 0. The zero-order chi connectivity index (χ0) is 14.4. The van der Waals surface area contributed by atoms with Gasteiger partial charge in [-0.15, -0.1) is 0 Å². The zero-order valence-electron chi connectivity index (χ0n) is 11.8. The maximum atomic E-state index is 14.3. The summed E-state index contributed by atoms with van der Waals surface area (Å²) in [5.41, 5.74) is 0.562. The van der Waals surface area contributed by atoms with Gasteiger partial charge in [-0.25, -0.2) is 9.37 Å². The van der Waals surface area contributed by atoms with Gasteiger partial charge in [-0.05, 0) is 30.7 Å². The second-order valence-electron chi connectivity index (χ2n) is 5.03. The SMILES string of the molecule is CC(C)CNCc1ccnc(Oc2ccccc2)c1F. The van der Waals surface area contributed by atoms with Crippen molar-refractivity contribution < 1.29 is 9.13 Å². The van der Waals surface area contributed by atoms with Crippen molar-refractivity contribution in [2.24, 2.45) is 5.92 Å². The van der Waals surface area contributed by atoms with Crippen LogP contribution in [-0.4, -0.2) is 11.5 Å². The predicted molar refractivity (Wildman–Crippen MR) is 77.3 cm³/mol. The summed E-state index contributed by atoms with van der Waals surface area (Å²) in [6.07, 6.45) is 1.56. The molecule has 1 N–H and O–H groups in total. The van der Waals surface area contributed by atoms with Gasteiger partial charge >= 0.3 is 0 Å². The van der Waals surface area contributed by atoms with E-state index < -0.39 is 5.82 Å². The first-order valence-electron chi connectivity index (χ1n) is 6.74. The lowest BCUT2D eigenvalue weighted by Crippen LogP contribution is -2.19. The largest absolute Gasteiger partial charge is 0.436 e. The van der Waals surface area contributed by atoms with E-state index in [0.717, 1.165) is 6.54 Å². The van der Waals surface area contributed by atoms with Gasteiger partial charge in [0.25, 0.3) is 5.88 Å². The number of halogens is 1. The summed E-state index contributed by atoms with van der Waals surface area (Å²) in [6, 6.07) is 10.8. The molecular formula is C16H19FN2O. The van der Waals surface area contributed by atoms with Crippen LogP contribution in [0, 0.1) is 11.7 Å². The molecule has 1 aromatic carbocycles. The Bertz CT molecular complexity index is 543. The molecular weight excluding hydrogens is 255 g/mol. The van der Waals surface area contributed by atoms with Gasteiger partial charge in [0.15, 0.2) is 5.82 Å². The van der Waals surface area contributed by atoms with Crippen LogP contribution in [0.3, 0.4) is 0 Å². The number of hydrogen-bond donors (Lipinski definition) is 1. The molecule has 0 spiro atoms. The van der Waals surface area contributed by atoms with Gasteiger partial charge < -0.3 is 10.1 Å². The highest BCUT2D eigenvalue weighted by molar-refractivity contribution is 5.30. The summed E-state index contributed by atoms with van der Waals surface area (Å²) < 4.78 is 19.7. The minimum absolute atomic E-state index is 0.0139. The fourth-order valence-electron chi connectivity index (χ4n) is 1.77. The molecule has 0 atom stereocenters. The molecule has 0 saturated heterocycles. The third-order valence-corrected chi connectivity index (χ3v) is 2.76. The number of aromatic nitrogens is 1. The molecule has 0 aliphatic heterocycles. The molecule has 20 heavy (non-hydrogen) atoms. The highest BCUT2D eigenvalue weighted by atomic mass is 19.1. The van der Waals surface area contributed by atoms with Gasteiger partial charge in [0, 0.05) is 18.3 Å². The second-order valence-corrected chi connectivity index (χ2v) is 5.03. The number of pyridine rings is 1. The van der Waals surface area contributed by atoms with E-state index in [9.17, 15) is 4.39 Å². The smallest absolute Gasteiger partial charge is 0.256 e. The third kappa shape index (κ3) is 4.03. The van der Waals surface area contributed by atoms with Crippen LogP contribution in [0.15, 0.2) is 42.6 Å². The zero-order valence-corrected chi connectivity index (χ0v) is 11.8. The topological polar surface area (TPSA) is 34.2 Å². The molecule has 0 saturated carbocycles. The molecule has 0 bridgehead atoms. The Labute approximate surface area is 118 Å². The Balaban J connectivity index is 2.07. The quantitative estimate of drug-likeness (QED) is 0.871. The molecule has 0 fully saturated rings. The molecule has 0 aliphatic carbocycles. The predicted octanol–water partition coefficient (Wildman–Crippen LogP) is 3.76. The van der Waals surface area contributed by atoms with Crippen molar-refractivity contribution in [3.8, 4) is 11.6 Å². The fourth-order valence-corrected chi connectivity index (χ4v) is 1.77. The van der Waals surface area contributed by atoms with E-state index in [1.54, 1.807) is 24.4 Å². The Morgan fingerprint density at radius 1 is 1.20 bits per heavy atom. The van der Waals surface area contributed by atoms with Gasteiger partial charge in [-0.3, -0.25) is 0 Å². The minimum atomic E-state index is -0.410. The molecule has 4 heteroatoms. The molecule has 2 rings (SSSR count). The molecule has 0 aliphatic rings. The van der Waals surface area contributed by atoms with Crippen molar-refractivity contribution in [3.05, 3.63) is 54.0 Å². The molecule has 2 aromatic rings. The van der Waals surface area contributed by atoms with E-state index >= 15 is 0 Å². The van der Waals surface area contributed by atoms with Gasteiger partial charge in [0.05, 0.1) is 0 Å². The van der Waals surface area contributed by atoms with Crippen LogP contribution in [0.1, 0.15) is 19.4 Å². The highest BCUT2D eigenvalue weighted by Gasteiger charge is 2.11. The van der Waals surface area contributed by atoms with Crippen molar-refractivity contribution in [2.75, 3.05) is 6.54 Å². The fraction of sp³-hybridized carbons (Fsp3) is 0.312. The standard InChI is InChI=1S/C16H19FN2O/c1-12(2)10-18-11-13-8-9-19-16(15(13)17)20-14-6-4-3-5-7-14/h3-9,12,18H,10-11H2,1-2H3. The minimum Gasteiger partial charge on any atom is -0.436 e. The maximum absolute atomic E-state index is 14.3. The second kappa shape index (κ2) is 7.01. The first-order valence-corrected chi connectivity index (χ1v) is 6.74. The van der Waals surface area contributed by atoms with E-state index in [-0.39, 0.29) is 5.88 Å². The summed E-state index contributed by atoms with van der Waals surface area (Å²) in [7, 11) is 0. The highest BCUT2D eigenvalue weighted by Crippen LogP contribution is 2.23. The van der Waals surface area contributed by atoms with Gasteiger partial charge in [0.1, 0.15) is 5.75 Å². The van der Waals surface area contributed by atoms with Crippen molar-refractivity contribution in [3.63, 3.8) is 0 Å². The first kappa shape index (κ1) is 14.5. The first-order chi connectivity index (χ1) is 9.66. The lowest BCUT2D eigenvalue weighted by molar-refractivity contribution is 0.416. The Morgan fingerprint density at radius 2 is 1.95 bits per heavy atom. The third-order valence-electron chi connectivity index (χ3n) is 2.76. The molecule has 0 amide bonds. The summed E-state index contributed by atoms with van der Waals surface area (Å²) in [6.45, 7) is 5.54. The van der Waals surface area contributed by atoms with Gasteiger partial charge in [0.2, 0.25) is 0 Å². The molecule has 0 radical (unpaired) electrons. The van der Waals surface area contributed by atoms with E-state index in [1.165, 1.54) is 0 Å². The summed E-state index contributed by atoms with van der Waals surface area (Å²) in [5, 5.41) is 3.21. The Hall–Kier alpha value is -1.94. The number of hydrogen-bond acceptors (Lipinski definition) is 3. The average Bonchev–Trinajstić information content (AvgIpc) is 2.44. The van der Waals surface area contributed by atoms with E-state index in [4.69, 9.17) is 4.74 Å².